The zero-order valence-corrected chi connectivity index (χ0v) is 16.7. The van der Waals surface area contributed by atoms with Gasteiger partial charge in [0, 0.05) is 5.69 Å². The molecule has 6 heteroatoms. The first-order valence-corrected chi connectivity index (χ1v) is 9.31. The van der Waals surface area contributed by atoms with E-state index in [1.54, 1.807) is 17.9 Å². The molecule has 0 aliphatic carbocycles. The summed E-state index contributed by atoms with van der Waals surface area (Å²) in [5.74, 6) is 0.495. The third-order valence-corrected chi connectivity index (χ3v) is 4.39. The molecule has 3 rings (SSSR count). The van der Waals surface area contributed by atoms with Crippen LogP contribution in [0.1, 0.15) is 38.8 Å². The Labute approximate surface area is 165 Å². The second-order valence-electron chi connectivity index (χ2n) is 7.82. The van der Waals surface area contributed by atoms with Gasteiger partial charge in [-0.25, -0.2) is 9.67 Å². The first-order valence-electron chi connectivity index (χ1n) is 9.31. The number of anilines is 1. The number of hydrogen-bond acceptors (Lipinski definition) is 4. The summed E-state index contributed by atoms with van der Waals surface area (Å²) < 4.78 is 7.60. The largest absolute Gasteiger partial charge is 0.481 e. The van der Waals surface area contributed by atoms with E-state index in [0.29, 0.717) is 12.3 Å². The van der Waals surface area contributed by atoms with Crippen LogP contribution < -0.4 is 10.1 Å². The van der Waals surface area contributed by atoms with Crippen LogP contribution in [-0.2, 0) is 16.8 Å². The highest BCUT2D eigenvalue weighted by atomic mass is 16.5. The third kappa shape index (κ3) is 5.19. The summed E-state index contributed by atoms with van der Waals surface area (Å²) in [7, 11) is 0. The van der Waals surface area contributed by atoms with Crippen molar-refractivity contribution in [3.63, 3.8) is 0 Å². The lowest BCUT2D eigenvalue weighted by Crippen LogP contribution is -2.30. The van der Waals surface area contributed by atoms with Crippen LogP contribution >= 0.6 is 0 Å². The van der Waals surface area contributed by atoms with Gasteiger partial charge in [0.1, 0.15) is 18.4 Å². The van der Waals surface area contributed by atoms with Crippen molar-refractivity contribution in [3.05, 3.63) is 72.3 Å². The van der Waals surface area contributed by atoms with Crippen molar-refractivity contribution in [1.29, 1.82) is 0 Å². The molecular weight excluding hydrogens is 352 g/mol. The normalized spacial score (nSPS) is 12.4. The smallest absolute Gasteiger partial charge is 0.265 e. The fourth-order valence-corrected chi connectivity index (χ4v) is 2.79. The second kappa shape index (κ2) is 8.25. The molecule has 1 unspecified atom stereocenters. The van der Waals surface area contributed by atoms with Crippen LogP contribution in [0.4, 0.5) is 5.69 Å². The molecule has 1 amide bonds. The van der Waals surface area contributed by atoms with Crippen LogP contribution in [-0.4, -0.2) is 26.8 Å². The number of aromatic nitrogens is 3. The van der Waals surface area contributed by atoms with Gasteiger partial charge in [0.15, 0.2) is 6.10 Å². The maximum Gasteiger partial charge on any atom is 0.265 e. The summed E-state index contributed by atoms with van der Waals surface area (Å²) in [6.45, 7) is 8.78. The van der Waals surface area contributed by atoms with E-state index in [9.17, 15) is 4.79 Å². The van der Waals surface area contributed by atoms with Crippen molar-refractivity contribution in [2.45, 2.75) is 45.8 Å². The van der Waals surface area contributed by atoms with Crippen LogP contribution in [0.3, 0.4) is 0 Å². The van der Waals surface area contributed by atoms with Gasteiger partial charge in [-0.15, -0.1) is 0 Å². The number of hydrogen-bond donors (Lipinski definition) is 1. The van der Waals surface area contributed by atoms with E-state index < -0.39 is 6.10 Å². The van der Waals surface area contributed by atoms with E-state index >= 15 is 0 Å². The first kappa shape index (κ1) is 19.6. The Morgan fingerprint density at radius 1 is 1.18 bits per heavy atom. The summed E-state index contributed by atoms with van der Waals surface area (Å²) in [6.07, 6.45) is 2.54. The predicted octanol–water partition coefficient (Wildman–Crippen LogP) is 4.03. The Morgan fingerprint density at radius 2 is 1.96 bits per heavy atom. The number of carbonyl (C=O) groups is 1. The van der Waals surface area contributed by atoms with E-state index in [-0.39, 0.29) is 11.3 Å². The van der Waals surface area contributed by atoms with Gasteiger partial charge >= 0.3 is 0 Å². The average molecular weight is 378 g/mol. The van der Waals surface area contributed by atoms with Crippen molar-refractivity contribution in [2.24, 2.45) is 0 Å². The number of ether oxygens (including phenoxy) is 1. The highest BCUT2D eigenvalue weighted by Gasteiger charge is 2.18. The fraction of sp³-hybridized carbons (Fsp3) is 0.318. The summed E-state index contributed by atoms with van der Waals surface area (Å²) in [4.78, 5) is 16.5. The van der Waals surface area contributed by atoms with Crippen LogP contribution in [0.25, 0.3) is 0 Å². The van der Waals surface area contributed by atoms with Gasteiger partial charge in [0.2, 0.25) is 0 Å². The molecule has 0 saturated carbocycles. The van der Waals surface area contributed by atoms with Crippen molar-refractivity contribution >= 4 is 11.6 Å². The molecule has 0 fully saturated rings. The highest BCUT2D eigenvalue weighted by Crippen LogP contribution is 2.26. The average Bonchev–Trinajstić information content (AvgIpc) is 3.14. The maximum absolute atomic E-state index is 12.6. The second-order valence-corrected chi connectivity index (χ2v) is 7.82. The lowest BCUT2D eigenvalue weighted by atomic mass is 9.87. The molecule has 1 aromatic heterocycles. The van der Waals surface area contributed by atoms with Gasteiger partial charge < -0.3 is 10.1 Å². The fourth-order valence-electron chi connectivity index (χ4n) is 2.79. The minimum absolute atomic E-state index is 0.0232. The molecule has 0 spiro atoms. The summed E-state index contributed by atoms with van der Waals surface area (Å²) in [5, 5.41) is 7.02. The Balaban J connectivity index is 1.63. The molecule has 28 heavy (non-hydrogen) atoms. The van der Waals surface area contributed by atoms with Gasteiger partial charge in [-0.3, -0.25) is 4.79 Å². The van der Waals surface area contributed by atoms with Crippen LogP contribution in [0.5, 0.6) is 5.75 Å². The van der Waals surface area contributed by atoms with E-state index in [0.717, 1.165) is 11.3 Å². The third-order valence-electron chi connectivity index (χ3n) is 4.39. The zero-order valence-electron chi connectivity index (χ0n) is 16.7. The number of nitrogens with one attached hydrogen (secondary N) is 1. The quantitative estimate of drug-likeness (QED) is 0.703. The maximum atomic E-state index is 12.6. The Hall–Kier alpha value is -3.15. The topological polar surface area (TPSA) is 69.0 Å². The zero-order chi connectivity index (χ0) is 20.1. The van der Waals surface area contributed by atoms with Crippen LogP contribution in [0.15, 0.2) is 61.2 Å². The first-order chi connectivity index (χ1) is 13.3. The van der Waals surface area contributed by atoms with E-state index in [1.807, 2.05) is 42.5 Å². The predicted molar refractivity (Wildman–Crippen MR) is 109 cm³/mol. The van der Waals surface area contributed by atoms with Gasteiger partial charge in [-0.1, -0.05) is 45.0 Å². The minimum Gasteiger partial charge on any atom is -0.481 e. The molecule has 2 aromatic carbocycles. The number of rotatable bonds is 6. The molecule has 1 atom stereocenters. The van der Waals surface area contributed by atoms with E-state index in [4.69, 9.17) is 4.74 Å². The van der Waals surface area contributed by atoms with E-state index in [2.05, 4.69) is 42.2 Å². The highest BCUT2D eigenvalue weighted by molar-refractivity contribution is 5.94. The number of benzene rings is 2. The van der Waals surface area contributed by atoms with Crippen molar-refractivity contribution in [3.8, 4) is 5.75 Å². The van der Waals surface area contributed by atoms with Crippen molar-refractivity contribution in [2.75, 3.05) is 5.32 Å². The van der Waals surface area contributed by atoms with Crippen LogP contribution in [0.2, 0.25) is 0 Å². The molecule has 1 heterocycles. The lowest BCUT2D eigenvalue weighted by Gasteiger charge is -2.21. The van der Waals surface area contributed by atoms with E-state index in [1.165, 1.54) is 11.9 Å². The molecule has 0 aliphatic rings. The van der Waals surface area contributed by atoms with Crippen molar-refractivity contribution in [1.82, 2.24) is 14.8 Å². The Kier molecular flexibility index (Phi) is 5.78. The minimum atomic E-state index is -0.616. The van der Waals surface area contributed by atoms with Gasteiger partial charge in [-0.2, -0.15) is 5.10 Å². The van der Waals surface area contributed by atoms with Gasteiger partial charge in [-0.05, 0) is 47.7 Å². The molecular formula is C22H26N4O2. The number of nitrogens with zero attached hydrogens (tertiary/aromatic N) is 3. The summed E-state index contributed by atoms with van der Waals surface area (Å²) in [6, 6.07) is 15.5. The molecule has 146 valence electrons. The Bertz CT molecular complexity index is 930. The standard InChI is InChI=1S/C22H26N4O2/c1-16(28-20-10-6-8-18(12-20)22(2,3)4)21(27)25-19-9-5-7-17(11-19)13-26-15-23-14-24-26/h5-12,14-16H,13H2,1-4H3,(H,25,27). The van der Waals surface area contributed by atoms with Gasteiger partial charge in [0.25, 0.3) is 5.91 Å². The van der Waals surface area contributed by atoms with Gasteiger partial charge in [0.05, 0.1) is 6.54 Å². The molecule has 0 aliphatic heterocycles. The van der Waals surface area contributed by atoms with Crippen molar-refractivity contribution < 1.29 is 9.53 Å². The Morgan fingerprint density at radius 3 is 2.68 bits per heavy atom. The molecule has 6 nitrogen and oxygen atoms in total. The molecule has 0 radical (unpaired) electrons. The summed E-state index contributed by atoms with van der Waals surface area (Å²) >= 11 is 0. The number of amides is 1. The monoisotopic (exact) mass is 378 g/mol. The van der Waals surface area contributed by atoms with Crippen LogP contribution in [0, 0.1) is 0 Å². The molecule has 1 N–H and O–H groups in total. The molecule has 0 bridgehead atoms. The molecule has 3 aromatic rings. The summed E-state index contributed by atoms with van der Waals surface area (Å²) in [5.41, 5.74) is 2.93. The number of carbonyl (C=O) groups excluding carboxylic acids is 1. The lowest BCUT2D eigenvalue weighted by molar-refractivity contribution is -0.122. The molecule has 0 saturated heterocycles. The SMILES string of the molecule is CC(Oc1cccc(C(C)(C)C)c1)C(=O)Nc1cccc(Cn2cncn2)c1.